The Morgan fingerprint density at radius 1 is 1.23 bits per heavy atom. The lowest BCUT2D eigenvalue weighted by atomic mass is 9.97. The molecular formula is C22H25N3O4S2. The standard InChI is InChI=1S/C22H25N3O4S2/c1-3-13-11-15(22(28)29-4-2)19(30-13)24-17(26)9-10-25-12-23-20-18(21(25)27)14-7-5-6-8-16(14)31-20/h11-12H,3-10H2,1-2H3,(H,24,26). The molecule has 1 aliphatic rings. The number of esters is 1. The number of thiophene rings is 2. The van der Waals surface area contributed by atoms with Crippen LogP contribution in [0.3, 0.4) is 0 Å². The summed E-state index contributed by atoms with van der Waals surface area (Å²) in [7, 11) is 0. The zero-order chi connectivity index (χ0) is 22.0. The Kier molecular flexibility index (Phi) is 6.52. The number of rotatable bonds is 7. The van der Waals surface area contributed by atoms with Crippen LogP contribution < -0.4 is 10.9 Å². The minimum Gasteiger partial charge on any atom is -0.462 e. The van der Waals surface area contributed by atoms with E-state index < -0.39 is 5.97 Å². The molecule has 1 N–H and O–H groups in total. The maximum atomic E-state index is 13.0. The van der Waals surface area contributed by atoms with E-state index in [0.29, 0.717) is 10.6 Å². The molecule has 0 fully saturated rings. The predicted octanol–water partition coefficient (Wildman–Crippen LogP) is 4.17. The number of fused-ring (bicyclic) bond motifs is 3. The minimum absolute atomic E-state index is 0.0752. The Morgan fingerprint density at radius 2 is 2.03 bits per heavy atom. The van der Waals surface area contributed by atoms with E-state index in [1.807, 2.05) is 6.92 Å². The Hall–Kier alpha value is -2.52. The molecule has 0 atom stereocenters. The highest BCUT2D eigenvalue weighted by molar-refractivity contribution is 7.18. The molecule has 0 bridgehead atoms. The van der Waals surface area contributed by atoms with E-state index in [2.05, 4.69) is 10.3 Å². The van der Waals surface area contributed by atoms with Gasteiger partial charge in [0.05, 0.1) is 23.9 Å². The van der Waals surface area contributed by atoms with Crippen molar-refractivity contribution in [2.45, 2.75) is 58.9 Å². The molecule has 0 aromatic carbocycles. The van der Waals surface area contributed by atoms with Gasteiger partial charge in [0.1, 0.15) is 9.83 Å². The van der Waals surface area contributed by atoms with Gasteiger partial charge in [-0.25, -0.2) is 9.78 Å². The van der Waals surface area contributed by atoms with Gasteiger partial charge in [-0.15, -0.1) is 22.7 Å². The summed E-state index contributed by atoms with van der Waals surface area (Å²) in [5, 5.41) is 4.04. The number of anilines is 1. The zero-order valence-electron chi connectivity index (χ0n) is 17.7. The summed E-state index contributed by atoms with van der Waals surface area (Å²) in [5.41, 5.74) is 1.45. The van der Waals surface area contributed by atoms with Gasteiger partial charge in [-0.1, -0.05) is 6.92 Å². The van der Waals surface area contributed by atoms with Crippen molar-refractivity contribution in [3.05, 3.63) is 43.6 Å². The van der Waals surface area contributed by atoms with E-state index in [1.54, 1.807) is 24.3 Å². The summed E-state index contributed by atoms with van der Waals surface area (Å²) in [6, 6.07) is 1.76. The topological polar surface area (TPSA) is 90.3 Å². The second-order valence-electron chi connectivity index (χ2n) is 7.46. The van der Waals surface area contributed by atoms with Crippen LogP contribution >= 0.6 is 22.7 Å². The molecule has 3 aromatic rings. The molecule has 0 aliphatic heterocycles. The number of aryl methyl sites for hydroxylation is 4. The Morgan fingerprint density at radius 3 is 2.81 bits per heavy atom. The molecule has 1 aliphatic carbocycles. The highest BCUT2D eigenvalue weighted by Gasteiger charge is 2.21. The molecule has 164 valence electrons. The molecule has 4 rings (SSSR count). The first-order chi connectivity index (χ1) is 15.0. The fraction of sp³-hybridized carbons (Fsp3) is 0.455. The number of hydrogen-bond donors (Lipinski definition) is 1. The van der Waals surface area contributed by atoms with Crippen molar-refractivity contribution >= 4 is 49.8 Å². The van der Waals surface area contributed by atoms with Gasteiger partial charge in [0.2, 0.25) is 5.91 Å². The lowest BCUT2D eigenvalue weighted by Gasteiger charge is -2.10. The van der Waals surface area contributed by atoms with Crippen molar-refractivity contribution in [2.24, 2.45) is 0 Å². The lowest BCUT2D eigenvalue weighted by molar-refractivity contribution is -0.116. The Labute approximate surface area is 188 Å². The SMILES string of the molecule is CCOC(=O)c1cc(CC)sc1NC(=O)CCn1cnc2sc3c(c2c1=O)CCCC3. The maximum absolute atomic E-state index is 13.0. The van der Waals surface area contributed by atoms with Crippen LogP contribution in [0.15, 0.2) is 17.2 Å². The number of amides is 1. The number of carbonyl (C=O) groups is 2. The van der Waals surface area contributed by atoms with Gasteiger partial charge in [0, 0.05) is 22.7 Å². The third kappa shape index (κ3) is 4.43. The van der Waals surface area contributed by atoms with Crippen LogP contribution in [0.25, 0.3) is 10.2 Å². The Balaban J connectivity index is 1.49. The van der Waals surface area contributed by atoms with Crippen LogP contribution in [0, 0.1) is 0 Å². The first-order valence-electron chi connectivity index (χ1n) is 10.6. The van der Waals surface area contributed by atoms with E-state index in [9.17, 15) is 14.4 Å². The molecule has 0 saturated heterocycles. The van der Waals surface area contributed by atoms with Crippen molar-refractivity contribution in [3.8, 4) is 0 Å². The quantitative estimate of drug-likeness (QED) is 0.536. The van der Waals surface area contributed by atoms with Crippen molar-refractivity contribution in [1.82, 2.24) is 9.55 Å². The van der Waals surface area contributed by atoms with Gasteiger partial charge < -0.3 is 10.1 Å². The fourth-order valence-corrected chi connectivity index (χ4v) is 6.04. The average molecular weight is 460 g/mol. The number of nitrogens with one attached hydrogen (secondary N) is 1. The fourth-order valence-electron chi connectivity index (χ4n) is 3.82. The number of ether oxygens (including phenoxy) is 1. The van der Waals surface area contributed by atoms with Crippen LogP contribution in [0.2, 0.25) is 0 Å². The maximum Gasteiger partial charge on any atom is 0.341 e. The molecular weight excluding hydrogens is 434 g/mol. The van der Waals surface area contributed by atoms with Gasteiger partial charge in [-0.2, -0.15) is 0 Å². The summed E-state index contributed by atoms with van der Waals surface area (Å²) < 4.78 is 6.61. The third-order valence-corrected chi connectivity index (χ3v) is 7.80. The number of aromatic nitrogens is 2. The molecule has 9 heteroatoms. The number of carbonyl (C=O) groups excluding carboxylic acids is 2. The summed E-state index contributed by atoms with van der Waals surface area (Å²) in [6.45, 7) is 4.24. The highest BCUT2D eigenvalue weighted by Crippen LogP contribution is 2.33. The predicted molar refractivity (Wildman–Crippen MR) is 123 cm³/mol. The molecule has 3 heterocycles. The average Bonchev–Trinajstić information content (AvgIpc) is 3.35. The first kappa shape index (κ1) is 21.7. The lowest BCUT2D eigenvalue weighted by Crippen LogP contribution is -2.24. The normalized spacial score (nSPS) is 13.2. The second-order valence-corrected chi connectivity index (χ2v) is 9.68. The van der Waals surface area contributed by atoms with E-state index in [4.69, 9.17) is 4.74 Å². The minimum atomic E-state index is -0.443. The van der Waals surface area contributed by atoms with Gasteiger partial charge in [-0.3, -0.25) is 14.2 Å². The van der Waals surface area contributed by atoms with E-state index in [-0.39, 0.29) is 31.0 Å². The van der Waals surface area contributed by atoms with Crippen molar-refractivity contribution in [3.63, 3.8) is 0 Å². The largest absolute Gasteiger partial charge is 0.462 e. The summed E-state index contributed by atoms with van der Waals surface area (Å²) in [5.74, 6) is -0.698. The molecule has 7 nitrogen and oxygen atoms in total. The molecule has 0 radical (unpaired) electrons. The molecule has 1 amide bonds. The summed E-state index contributed by atoms with van der Waals surface area (Å²) in [6.07, 6.45) is 6.60. The number of hydrogen-bond acceptors (Lipinski definition) is 7. The molecule has 0 spiro atoms. The molecule has 0 unspecified atom stereocenters. The molecule has 3 aromatic heterocycles. The van der Waals surface area contributed by atoms with Crippen LogP contribution in [0.1, 0.15) is 58.8 Å². The van der Waals surface area contributed by atoms with Gasteiger partial charge in [0.15, 0.2) is 0 Å². The third-order valence-electron chi connectivity index (χ3n) is 5.40. The summed E-state index contributed by atoms with van der Waals surface area (Å²) in [4.78, 5) is 45.3. The first-order valence-corrected chi connectivity index (χ1v) is 12.2. The highest BCUT2D eigenvalue weighted by atomic mass is 32.1. The monoisotopic (exact) mass is 459 g/mol. The van der Waals surface area contributed by atoms with Gasteiger partial charge in [-0.05, 0) is 50.7 Å². The van der Waals surface area contributed by atoms with Crippen LogP contribution in [0.5, 0.6) is 0 Å². The van der Waals surface area contributed by atoms with Crippen molar-refractivity contribution < 1.29 is 14.3 Å². The van der Waals surface area contributed by atoms with Crippen LogP contribution in [0.4, 0.5) is 5.00 Å². The van der Waals surface area contributed by atoms with Crippen molar-refractivity contribution in [2.75, 3.05) is 11.9 Å². The van der Waals surface area contributed by atoms with Crippen LogP contribution in [-0.2, 0) is 35.3 Å². The van der Waals surface area contributed by atoms with Gasteiger partial charge in [0.25, 0.3) is 5.56 Å². The molecule has 0 saturated carbocycles. The van der Waals surface area contributed by atoms with Crippen LogP contribution in [-0.4, -0.2) is 28.0 Å². The van der Waals surface area contributed by atoms with E-state index in [0.717, 1.165) is 52.8 Å². The smallest absolute Gasteiger partial charge is 0.341 e. The molecule has 31 heavy (non-hydrogen) atoms. The Bertz CT molecular complexity index is 1190. The zero-order valence-corrected chi connectivity index (χ0v) is 19.3. The summed E-state index contributed by atoms with van der Waals surface area (Å²) >= 11 is 2.99. The number of nitrogens with zero attached hydrogens (tertiary/aromatic N) is 2. The van der Waals surface area contributed by atoms with Crippen molar-refractivity contribution in [1.29, 1.82) is 0 Å². The van der Waals surface area contributed by atoms with Gasteiger partial charge >= 0.3 is 5.97 Å². The van der Waals surface area contributed by atoms with E-state index in [1.165, 1.54) is 27.1 Å². The second kappa shape index (κ2) is 9.32. The van der Waals surface area contributed by atoms with E-state index >= 15 is 0 Å².